The Hall–Kier alpha value is -2.55. The number of carbonyl (C=O) groups is 1. The van der Waals surface area contributed by atoms with Crippen LogP contribution in [0.2, 0.25) is 5.02 Å². The van der Waals surface area contributed by atoms with Gasteiger partial charge < -0.3 is 15.5 Å². The Bertz CT molecular complexity index is 1010. The molecule has 0 bridgehead atoms. The molecule has 10 heteroatoms. The standard InChI is InChI=1S/C16H13ClN4O3.ClH.H2O/c1-24-16(23)12-6-11-14(19-12)13-10(7-18-11)15(22)21(20-13)9-4-2-8(17)3-5-9;;/h2-5,7,12,19-20H,6H2,1H3;1H;1H2. The number of hydrogen-bond donors (Lipinski definition) is 2. The smallest absolute Gasteiger partial charge is 0.328 e. The number of nitrogens with one attached hydrogen (secondary N) is 2. The van der Waals surface area contributed by atoms with Crippen LogP contribution in [0.3, 0.4) is 0 Å². The van der Waals surface area contributed by atoms with Gasteiger partial charge in [0, 0.05) is 17.6 Å². The molecule has 4 N–H and O–H groups in total. The van der Waals surface area contributed by atoms with Crippen molar-refractivity contribution in [2.24, 2.45) is 0 Å². The number of rotatable bonds is 2. The van der Waals surface area contributed by atoms with Gasteiger partial charge in [0.15, 0.2) is 0 Å². The summed E-state index contributed by atoms with van der Waals surface area (Å²) < 4.78 is 6.19. The number of pyridine rings is 1. The molecule has 0 saturated heterocycles. The second-order valence-electron chi connectivity index (χ2n) is 5.52. The predicted molar refractivity (Wildman–Crippen MR) is 101 cm³/mol. The van der Waals surface area contributed by atoms with Gasteiger partial charge in [0.2, 0.25) is 0 Å². The van der Waals surface area contributed by atoms with Crippen LogP contribution in [0.15, 0.2) is 35.3 Å². The van der Waals surface area contributed by atoms with E-state index in [9.17, 15) is 9.59 Å². The number of H-pyrrole nitrogens is 1. The topological polar surface area (TPSA) is 121 Å². The first-order valence-electron chi connectivity index (χ1n) is 7.31. The summed E-state index contributed by atoms with van der Waals surface area (Å²) in [6.45, 7) is 0. The maximum atomic E-state index is 12.6. The molecule has 3 heterocycles. The number of aromatic amines is 1. The van der Waals surface area contributed by atoms with Crippen molar-refractivity contribution in [2.45, 2.75) is 12.5 Å². The molecule has 3 aromatic rings. The first kappa shape index (κ1) is 19.8. The second kappa shape index (κ2) is 7.36. The van der Waals surface area contributed by atoms with E-state index in [1.54, 1.807) is 24.3 Å². The first-order valence-corrected chi connectivity index (χ1v) is 7.69. The van der Waals surface area contributed by atoms with Crippen LogP contribution in [0, 0.1) is 0 Å². The number of methoxy groups -OCH3 is 1. The molecule has 1 aliphatic rings. The summed E-state index contributed by atoms with van der Waals surface area (Å²) in [6, 6.07) is 6.42. The minimum absolute atomic E-state index is 0. The SMILES string of the molecule is COC(=O)C1Cc2ncc3c(=O)n(-c4ccc(Cl)cc4)[nH]c3c2N1.Cl.O. The van der Waals surface area contributed by atoms with Crippen LogP contribution in [0.4, 0.5) is 5.69 Å². The molecule has 0 amide bonds. The molecule has 0 fully saturated rings. The third-order valence-electron chi connectivity index (χ3n) is 4.10. The van der Waals surface area contributed by atoms with Crippen LogP contribution in [0.25, 0.3) is 16.6 Å². The molecule has 0 radical (unpaired) electrons. The Balaban J connectivity index is 0.00000121. The Kier molecular flexibility index (Phi) is 5.60. The molecule has 8 nitrogen and oxygen atoms in total. The zero-order chi connectivity index (χ0) is 16.8. The molecule has 1 unspecified atom stereocenters. The molecular weight excluding hydrogens is 383 g/mol. The Morgan fingerprint density at radius 1 is 1.35 bits per heavy atom. The van der Waals surface area contributed by atoms with Gasteiger partial charge >= 0.3 is 5.97 Å². The number of nitrogens with zero attached hydrogens (tertiary/aromatic N) is 2. The molecule has 0 spiro atoms. The lowest BCUT2D eigenvalue weighted by molar-refractivity contribution is -0.141. The number of benzene rings is 1. The quantitative estimate of drug-likeness (QED) is 0.633. The number of esters is 1. The minimum Gasteiger partial charge on any atom is -0.467 e. The van der Waals surface area contributed by atoms with Gasteiger partial charge in [-0.25, -0.2) is 9.48 Å². The van der Waals surface area contributed by atoms with Crippen molar-refractivity contribution in [2.75, 3.05) is 12.4 Å². The van der Waals surface area contributed by atoms with Crippen molar-refractivity contribution >= 4 is 46.6 Å². The number of carbonyl (C=O) groups excluding carboxylic acids is 1. The number of fused-ring (bicyclic) bond motifs is 3. The fourth-order valence-electron chi connectivity index (χ4n) is 2.90. The highest BCUT2D eigenvalue weighted by atomic mass is 35.5. The average Bonchev–Trinajstić information content (AvgIpc) is 3.16. The van der Waals surface area contributed by atoms with Gasteiger partial charge in [-0.3, -0.25) is 14.9 Å². The lowest BCUT2D eigenvalue weighted by Gasteiger charge is -2.07. The van der Waals surface area contributed by atoms with Crippen molar-refractivity contribution in [3.8, 4) is 5.69 Å². The largest absolute Gasteiger partial charge is 0.467 e. The van der Waals surface area contributed by atoms with E-state index in [-0.39, 0.29) is 29.4 Å². The van der Waals surface area contributed by atoms with Gasteiger partial charge in [-0.15, -0.1) is 12.4 Å². The maximum absolute atomic E-state index is 12.6. The number of halogens is 2. The fraction of sp³-hybridized carbons (Fsp3) is 0.188. The third-order valence-corrected chi connectivity index (χ3v) is 4.35. The van der Waals surface area contributed by atoms with E-state index in [4.69, 9.17) is 16.3 Å². The molecule has 0 saturated carbocycles. The Morgan fingerprint density at radius 3 is 2.69 bits per heavy atom. The van der Waals surface area contributed by atoms with Crippen molar-refractivity contribution in [3.05, 3.63) is 51.5 Å². The highest BCUT2D eigenvalue weighted by Crippen LogP contribution is 2.30. The number of ether oxygens (including phenoxy) is 1. The third kappa shape index (κ3) is 3.03. The molecular formula is C16H16Cl2N4O4. The molecule has 26 heavy (non-hydrogen) atoms. The van der Waals surface area contributed by atoms with Crippen LogP contribution >= 0.6 is 24.0 Å². The van der Waals surface area contributed by atoms with Crippen LogP contribution in [-0.4, -0.2) is 39.4 Å². The van der Waals surface area contributed by atoms with E-state index in [1.807, 2.05) is 0 Å². The zero-order valence-electron chi connectivity index (χ0n) is 13.6. The molecule has 0 aliphatic carbocycles. The monoisotopic (exact) mass is 398 g/mol. The number of hydrogen-bond acceptors (Lipinski definition) is 5. The summed E-state index contributed by atoms with van der Waals surface area (Å²) >= 11 is 5.89. The van der Waals surface area contributed by atoms with E-state index in [0.717, 1.165) is 5.69 Å². The maximum Gasteiger partial charge on any atom is 0.328 e. The zero-order valence-corrected chi connectivity index (χ0v) is 15.1. The van der Waals surface area contributed by atoms with Crippen molar-refractivity contribution in [1.82, 2.24) is 14.8 Å². The van der Waals surface area contributed by atoms with E-state index in [0.29, 0.717) is 33.7 Å². The van der Waals surface area contributed by atoms with Gasteiger partial charge in [-0.2, -0.15) is 0 Å². The Morgan fingerprint density at radius 2 is 2.04 bits per heavy atom. The first-order chi connectivity index (χ1) is 11.6. The van der Waals surface area contributed by atoms with Gasteiger partial charge in [-0.05, 0) is 24.3 Å². The van der Waals surface area contributed by atoms with Gasteiger partial charge in [0.25, 0.3) is 5.56 Å². The van der Waals surface area contributed by atoms with E-state index in [1.165, 1.54) is 18.0 Å². The van der Waals surface area contributed by atoms with E-state index < -0.39 is 6.04 Å². The lowest BCUT2D eigenvalue weighted by atomic mass is 10.2. The Labute approximate surface area is 158 Å². The van der Waals surface area contributed by atoms with E-state index in [2.05, 4.69) is 15.4 Å². The summed E-state index contributed by atoms with van der Waals surface area (Å²) in [5.41, 5.74) is 2.45. The predicted octanol–water partition coefficient (Wildman–Crippen LogP) is 1.47. The highest BCUT2D eigenvalue weighted by Gasteiger charge is 2.31. The van der Waals surface area contributed by atoms with Crippen LogP contribution < -0.4 is 10.9 Å². The van der Waals surface area contributed by atoms with Crippen molar-refractivity contribution in [1.29, 1.82) is 0 Å². The normalized spacial score (nSPS) is 14.8. The lowest BCUT2D eigenvalue weighted by Crippen LogP contribution is -2.28. The average molecular weight is 399 g/mol. The molecule has 1 atom stereocenters. The van der Waals surface area contributed by atoms with Crippen LogP contribution in [-0.2, 0) is 16.0 Å². The van der Waals surface area contributed by atoms with E-state index >= 15 is 0 Å². The summed E-state index contributed by atoms with van der Waals surface area (Å²) in [6.07, 6.45) is 1.95. The van der Waals surface area contributed by atoms with Gasteiger partial charge in [0.1, 0.15) is 6.04 Å². The summed E-state index contributed by atoms with van der Waals surface area (Å²) in [5, 5.41) is 7.21. The molecule has 4 rings (SSSR count). The second-order valence-corrected chi connectivity index (χ2v) is 5.96. The van der Waals surface area contributed by atoms with Gasteiger partial charge in [0.05, 0.1) is 35.1 Å². The van der Waals surface area contributed by atoms with Crippen molar-refractivity contribution < 1.29 is 15.0 Å². The molecule has 1 aliphatic heterocycles. The summed E-state index contributed by atoms with van der Waals surface area (Å²) in [5.74, 6) is -0.361. The number of anilines is 1. The summed E-state index contributed by atoms with van der Waals surface area (Å²) in [4.78, 5) is 28.7. The van der Waals surface area contributed by atoms with Crippen molar-refractivity contribution in [3.63, 3.8) is 0 Å². The molecule has 2 aromatic heterocycles. The van der Waals surface area contributed by atoms with Crippen LogP contribution in [0.5, 0.6) is 0 Å². The minimum atomic E-state index is -0.495. The van der Waals surface area contributed by atoms with Crippen LogP contribution in [0.1, 0.15) is 5.69 Å². The number of aromatic nitrogens is 3. The summed E-state index contributed by atoms with van der Waals surface area (Å²) in [7, 11) is 1.34. The molecule has 138 valence electrons. The van der Waals surface area contributed by atoms with Gasteiger partial charge in [-0.1, -0.05) is 11.6 Å². The molecule has 1 aromatic carbocycles. The highest BCUT2D eigenvalue weighted by molar-refractivity contribution is 6.30. The fourth-order valence-corrected chi connectivity index (χ4v) is 3.02.